The summed E-state index contributed by atoms with van der Waals surface area (Å²) in [6.07, 6.45) is -0.733. The zero-order chi connectivity index (χ0) is 10.3. The largest absolute Gasteiger partial charge is 0.478 e. The third kappa shape index (κ3) is 1.27. The first-order chi connectivity index (χ1) is 6.59. The summed E-state index contributed by atoms with van der Waals surface area (Å²) in [4.78, 5) is 16.6. The maximum Gasteiger partial charge on any atom is 0.336 e. The Hall–Kier alpha value is -1.43. The van der Waals surface area contributed by atoms with Gasteiger partial charge in [0.15, 0.2) is 0 Å². The highest BCUT2D eigenvalue weighted by Crippen LogP contribution is 2.25. The molecule has 4 nitrogen and oxygen atoms in total. The van der Waals surface area contributed by atoms with Crippen molar-refractivity contribution in [2.45, 2.75) is 0 Å². The molecule has 0 aliphatic rings. The number of carboxylic acids is 1. The van der Waals surface area contributed by atoms with Crippen LogP contribution in [-0.2, 0) is 0 Å². The number of carboxylic acid groups (broad SMARTS) is 1. The van der Waals surface area contributed by atoms with Crippen molar-refractivity contribution in [3.63, 3.8) is 0 Å². The number of nitrogens with one attached hydrogen (secondary N) is 1. The van der Waals surface area contributed by atoms with Crippen molar-refractivity contribution in [2.75, 3.05) is 0 Å². The molecule has 0 bridgehead atoms. The molecule has 0 saturated carbocycles. The van der Waals surface area contributed by atoms with Crippen molar-refractivity contribution in [1.29, 1.82) is 0 Å². The lowest BCUT2D eigenvalue weighted by atomic mass is 10.2. The molecule has 0 fully saturated rings. The molecule has 0 radical (unpaired) electrons. The van der Waals surface area contributed by atoms with Gasteiger partial charge in [0.25, 0.3) is 6.08 Å². The summed E-state index contributed by atoms with van der Waals surface area (Å²) in [5.74, 6) is -1.08. The van der Waals surface area contributed by atoms with Gasteiger partial charge in [0, 0.05) is 0 Å². The Labute approximate surface area is 85.9 Å². The number of fused-ring (bicyclic) bond motifs is 1. The molecule has 0 aliphatic heterocycles. The quantitative estimate of drug-likeness (QED) is 0.824. The van der Waals surface area contributed by atoms with Crippen LogP contribution in [0.3, 0.4) is 0 Å². The number of aromatic amines is 1. The van der Waals surface area contributed by atoms with Gasteiger partial charge in [0.1, 0.15) is 5.52 Å². The Morgan fingerprint density at radius 1 is 1.57 bits per heavy atom. The van der Waals surface area contributed by atoms with Gasteiger partial charge in [-0.1, -0.05) is 0 Å². The molecule has 14 heavy (non-hydrogen) atoms. The highest BCUT2D eigenvalue weighted by atomic mass is 79.9. The summed E-state index contributed by atoms with van der Waals surface area (Å²) < 4.78 is 13.0. The second kappa shape index (κ2) is 3.06. The Bertz CT molecular complexity index is 523. The molecule has 0 amide bonds. The van der Waals surface area contributed by atoms with E-state index in [1.165, 1.54) is 12.1 Å². The summed E-state index contributed by atoms with van der Waals surface area (Å²) in [7, 11) is 0. The fourth-order valence-corrected chi connectivity index (χ4v) is 1.78. The lowest BCUT2D eigenvalue weighted by molar-refractivity contribution is 0.0696. The number of carbonyl (C=O) groups is 1. The Kier molecular flexibility index (Phi) is 1.99. The van der Waals surface area contributed by atoms with E-state index in [4.69, 9.17) is 5.11 Å². The zero-order valence-electron chi connectivity index (χ0n) is 6.71. The van der Waals surface area contributed by atoms with E-state index in [0.717, 1.165) is 0 Å². The smallest absolute Gasteiger partial charge is 0.336 e. The van der Waals surface area contributed by atoms with Crippen molar-refractivity contribution < 1.29 is 14.3 Å². The van der Waals surface area contributed by atoms with Crippen LogP contribution in [0.4, 0.5) is 4.39 Å². The fourth-order valence-electron chi connectivity index (χ4n) is 1.18. The van der Waals surface area contributed by atoms with Crippen LogP contribution in [0.25, 0.3) is 11.0 Å². The Morgan fingerprint density at radius 2 is 2.29 bits per heavy atom. The average molecular weight is 259 g/mol. The number of aromatic carboxylic acids is 1. The molecule has 0 saturated heterocycles. The standard InChI is InChI=1S/C8H4BrFN2O2/c9-5-3(7(13)14)1-2-4-6(5)12-8(10)11-4/h1-2H,(H,11,12)(H,13,14). The number of aromatic nitrogens is 2. The first-order valence-corrected chi connectivity index (χ1v) is 4.46. The third-order valence-electron chi connectivity index (χ3n) is 1.79. The molecule has 0 spiro atoms. The molecule has 72 valence electrons. The number of benzene rings is 1. The van der Waals surface area contributed by atoms with Crippen LogP contribution in [0, 0.1) is 6.08 Å². The molecule has 1 aromatic heterocycles. The van der Waals surface area contributed by atoms with Crippen molar-refractivity contribution >= 4 is 32.9 Å². The summed E-state index contributed by atoms with van der Waals surface area (Å²) >= 11 is 3.07. The molecular weight excluding hydrogens is 255 g/mol. The molecule has 0 unspecified atom stereocenters. The first-order valence-electron chi connectivity index (χ1n) is 3.66. The van der Waals surface area contributed by atoms with Gasteiger partial charge in [-0.15, -0.1) is 0 Å². The molecule has 2 aromatic rings. The minimum Gasteiger partial charge on any atom is -0.478 e. The van der Waals surface area contributed by atoms with E-state index >= 15 is 0 Å². The molecule has 6 heteroatoms. The number of H-pyrrole nitrogens is 1. The summed E-state index contributed by atoms with van der Waals surface area (Å²) in [6.45, 7) is 0. The minimum absolute atomic E-state index is 0.0593. The van der Waals surface area contributed by atoms with Gasteiger partial charge in [-0.25, -0.2) is 9.78 Å². The van der Waals surface area contributed by atoms with E-state index in [-0.39, 0.29) is 15.6 Å². The van der Waals surface area contributed by atoms with Crippen LogP contribution in [-0.4, -0.2) is 21.0 Å². The molecule has 0 aliphatic carbocycles. The lowest BCUT2D eigenvalue weighted by Gasteiger charge is -1.97. The van der Waals surface area contributed by atoms with Gasteiger partial charge in [-0.2, -0.15) is 4.39 Å². The topological polar surface area (TPSA) is 66.0 Å². The van der Waals surface area contributed by atoms with E-state index < -0.39 is 12.0 Å². The fraction of sp³-hybridized carbons (Fsp3) is 0. The van der Waals surface area contributed by atoms with Gasteiger partial charge < -0.3 is 10.1 Å². The van der Waals surface area contributed by atoms with Crippen LogP contribution in [0.1, 0.15) is 10.4 Å². The van der Waals surface area contributed by atoms with Crippen molar-refractivity contribution in [2.24, 2.45) is 0 Å². The number of imidazole rings is 1. The van der Waals surface area contributed by atoms with E-state index in [2.05, 4.69) is 25.9 Å². The number of hydrogen-bond donors (Lipinski definition) is 2. The molecular formula is C8H4BrFN2O2. The van der Waals surface area contributed by atoms with Gasteiger partial charge in [0.2, 0.25) is 0 Å². The predicted octanol–water partition coefficient (Wildman–Crippen LogP) is 2.16. The van der Waals surface area contributed by atoms with Gasteiger partial charge in [0.05, 0.1) is 15.6 Å². The van der Waals surface area contributed by atoms with Crippen molar-refractivity contribution in [3.05, 3.63) is 28.2 Å². The number of hydrogen-bond acceptors (Lipinski definition) is 2. The Morgan fingerprint density at radius 3 is 2.93 bits per heavy atom. The molecule has 2 N–H and O–H groups in total. The number of halogens is 2. The monoisotopic (exact) mass is 258 g/mol. The van der Waals surface area contributed by atoms with Crippen LogP contribution in [0.15, 0.2) is 16.6 Å². The van der Waals surface area contributed by atoms with Gasteiger partial charge in [-0.05, 0) is 28.1 Å². The second-order valence-corrected chi connectivity index (χ2v) is 3.45. The minimum atomic E-state index is -1.08. The van der Waals surface area contributed by atoms with Crippen LogP contribution < -0.4 is 0 Å². The maximum atomic E-state index is 12.7. The van der Waals surface area contributed by atoms with Crippen LogP contribution in [0.2, 0.25) is 0 Å². The van der Waals surface area contributed by atoms with Crippen molar-refractivity contribution in [1.82, 2.24) is 9.97 Å². The Balaban J connectivity index is 2.80. The molecule has 2 rings (SSSR count). The highest BCUT2D eigenvalue weighted by Gasteiger charge is 2.13. The summed E-state index contributed by atoms with van der Waals surface area (Å²) in [6, 6.07) is 2.85. The molecule has 1 aromatic carbocycles. The van der Waals surface area contributed by atoms with Gasteiger partial charge in [-0.3, -0.25) is 0 Å². The van der Waals surface area contributed by atoms with E-state index in [0.29, 0.717) is 5.52 Å². The molecule has 1 heterocycles. The van der Waals surface area contributed by atoms with Crippen LogP contribution >= 0.6 is 15.9 Å². The maximum absolute atomic E-state index is 12.7. The third-order valence-corrected chi connectivity index (χ3v) is 2.60. The lowest BCUT2D eigenvalue weighted by Crippen LogP contribution is -1.97. The van der Waals surface area contributed by atoms with Gasteiger partial charge >= 0.3 is 5.97 Å². The second-order valence-electron chi connectivity index (χ2n) is 2.66. The van der Waals surface area contributed by atoms with E-state index in [1.54, 1.807) is 0 Å². The zero-order valence-corrected chi connectivity index (χ0v) is 8.30. The average Bonchev–Trinajstić information content (AvgIpc) is 2.46. The SMILES string of the molecule is O=C(O)c1ccc2[nH]c(F)nc2c1Br. The first kappa shape index (κ1) is 9.14. The van der Waals surface area contributed by atoms with Crippen molar-refractivity contribution in [3.8, 4) is 0 Å². The number of nitrogens with zero attached hydrogens (tertiary/aromatic N) is 1. The van der Waals surface area contributed by atoms with E-state index in [1.807, 2.05) is 0 Å². The highest BCUT2D eigenvalue weighted by molar-refractivity contribution is 9.10. The predicted molar refractivity (Wildman–Crippen MR) is 50.7 cm³/mol. The van der Waals surface area contributed by atoms with E-state index in [9.17, 15) is 9.18 Å². The molecule has 0 atom stereocenters. The number of rotatable bonds is 1. The summed E-state index contributed by atoms with van der Waals surface area (Å²) in [5, 5.41) is 8.77. The normalized spacial score (nSPS) is 10.7. The van der Waals surface area contributed by atoms with Crippen LogP contribution in [0.5, 0.6) is 0 Å². The summed E-state index contributed by atoms with van der Waals surface area (Å²) in [5.41, 5.74) is 0.797.